The van der Waals surface area contributed by atoms with Crippen molar-refractivity contribution in [2.75, 3.05) is 32.8 Å². The molecule has 2 aromatic heterocycles. The smallest absolute Gasteiger partial charge is 0.289 e. The minimum Gasteiger partial charge on any atom is -0.451 e. The second kappa shape index (κ2) is 6.82. The molecular formula is C21H22N4O4. The number of aromatic nitrogens is 2. The minimum absolute atomic E-state index is 0.0117. The lowest BCUT2D eigenvalue weighted by molar-refractivity contribution is 0.0689. The van der Waals surface area contributed by atoms with Crippen molar-refractivity contribution in [3.05, 3.63) is 64.5 Å². The van der Waals surface area contributed by atoms with Gasteiger partial charge in [0.1, 0.15) is 11.4 Å². The molecule has 0 spiro atoms. The van der Waals surface area contributed by atoms with Gasteiger partial charge in [-0.3, -0.25) is 14.5 Å². The first-order valence-corrected chi connectivity index (χ1v) is 9.72. The molecule has 4 heterocycles. The molecule has 0 radical (unpaired) electrons. The lowest BCUT2D eigenvalue weighted by Crippen LogP contribution is -2.39. The van der Waals surface area contributed by atoms with Gasteiger partial charge in [0, 0.05) is 50.1 Å². The SMILES string of the molecule is O=C(c1cc(=O)c2ccccc2o1)N1CC2CN(Cc3ncc[nH]3)CC2(CO)C1. The molecule has 2 atom stereocenters. The van der Waals surface area contributed by atoms with Gasteiger partial charge in [-0.15, -0.1) is 0 Å². The highest BCUT2D eigenvalue weighted by molar-refractivity contribution is 5.93. The van der Waals surface area contributed by atoms with Crippen molar-refractivity contribution < 1.29 is 14.3 Å². The first kappa shape index (κ1) is 18.1. The highest BCUT2D eigenvalue weighted by atomic mass is 16.3. The molecule has 2 fully saturated rings. The van der Waals surface area contributed by atoms with Gasteiger partial charge < -0.3 is 19.4 Å². The summed E-state index contributed by atoms with van der Waals surface area (Å²) < 4.78 is 5.72. The molecule has 150 valence electrons. The third-order valence-corrected chi connectivity index (χ3v) is 6.21. The number of nitrogens with one attached hydrogen (secondary N) is 1. The molecule has 2 saturated heterocycles. The molecule has 8 nitrogen and oxygen atoms in total. The molecule has 2 aliphatic rings. The summed E-state index contributed by atoms with van der Waals surface area (Å²) in [6, 6.07) is 8.18. The van der Waals surface area contributed by atoms with Crippen molar-refractivity contribution in [3.8, 4) is 0 Å². The molecule has 8 heteroatoms. The first-order valence-electron chi connectivity index (χ1n) is 9.72. The Morgan fingerprint density at radius 3 is 2.93 bits per heavy atom. The molecule has 29 heavy (non-hydrogen) atoms. The quantitative estimate of drug-likeness (QED) is 0.687. The topological polar surface area (TPSA) is 103 Å². The van der Waals surface area contributed by atoms with Crippen LogP contribution in [0.25, 0.3) is 11.0 Å². The first-order chi connectivity index (χ1) is 14.1. The maximum Gasteiger partial charge on any atom is 0.289 e. The van der Waals surface area contributed by atoms with E-state index >= 15 is 0 Å². The van der Waals surface area contributed by atoms with Crippen LogP contribution in [0, 0.1) is 11.3 Å². The monoisotopic (exact) mass is 394 g/mol. The number of carbonyl (C=O) groups is 1. The second-order valence-electron chi connectivity index (χ2n) is 8.08. The third-order valence-electron chi connectivity index (χ3n) is 6.21. The van der Waals surface area contributed by atoms with Gasteiger partial charge in [-0.2, -0.15) is 0 Å². The van der Waals surface area contributed by atoms with Gasteiger partial charge in [-0.1, -0.05) is 12.1 Å². The number of aliphatic hydroxyl groups excluding tert-OH is 1. The minimum atomic E-state index is -0.362. The van der Waals surface area contributed by atoms with E-state index in [1.807, 2.05) is 0 Å². The van der Waals surface area contributed by atoms with Crippen molar-refractivity contribution in [1.82, 2.24) is 19.8 Å². The maximum absolute atomic E-state index is 13.1. The summed E-state index contributed by atoms with van der Waals surface area (Å²) in [6.07, 6.45) is 3.53. The number of likely N-dealkylation sites (tertiary alicyclic amines) is 2. The van der Waals surface area contributed by atoms with Gasteiger partial charge in [0.25, 0.3) is 5.91 Å². The number of amides is 1. The molecule has 1 amide bonds. The predicted octanol–water partition coefficient (Wildman–Crippen LogP) is 1.08. The van der Waals surface area contributed by atoms with E-state index in [2.05, 4.69) is 14.9 Å². The number of hydrogen-bond donors (Lipinski definition) is 2. The number of aromatic amines is 1. The summed E-state index contributed by atoms with van der Waals surface area (Å²) in [6.45, 7) is 3.16. The number of rotatable bonds is 4. The van der Waals surface area contributed by atoms with Gasteiger partial charge in [0.05, 0.1) is 18.5 Å². The fraction of sp³-hybridized carbons (Fsp3) is 0.381. The van der Waals surface area contributed by atoms with E-state index in [9.17, 15) is 14.7 Å². The van der Waals surface area contributed by atoms with Gasteiger partial charge in [0.2, 0.25) is 0 Å². The summed E-state index contributed by atoms with van der Waals surface area (Å²) >= 11 is 0. The third kappa shape index (κ3) is 3.04. The van der Waals surface area contributed by atoms with E-state index in [1.54, 1.807) is 41.6 Å². The number of para-hydroxylation sites is 1. The van der Waals surface area contributed by atoms with E-state index < -0.39 is 0 Å². The van der Waals surface area contributed by atoms with E-state index in [0.29, 0.717) is 37.1 Å². The summed E-state index contributed by atoms with van der Waals surface area (Å²) in [7, 11) is 0. The second-order valence-corrected chi connectivity index (χ2v) is 8.08. The molecular weight excluding hydrogens is 372 g/mol. The van der Waals surface area contributed by atoms with Crippen LogP contribution in [-0.4, -0.2) is 63.6 Å². The zero-order valence-electron chi connectivity index (χ0n) is 15.9. The van der Waals surface area contributed by atoms with E-state index in [4.69, 9.17) is 4.42 Å². The zero-order chi connectivity index (χ0) is 20.0. The highest BCUT2D eigenvalue weighted by Gasteiger charge is 2.53. The highest BCUT2D eigenvalue weighted by Crippen LogP contribution is 2.42. The number of carbonyl (C=O) groups excluding carboxylic acids is 1. The summed E-state index contributed by atoms with van der Waals surface area (Å²) in [5, 5.41) is 10.6. The van der Waals surface area contributed by atoms with Crippen LogP contribution in [-0.2, 0) is 6.54 Å². The van der Waals surface area contributed by atoms with Gasteiger partial charge in [-0.05, 0) is 18.1 Å². The van der Waals surface area contributed by atoms with Crippen LogP contribution in [0.2, 0.25) is 0 Å². The lowest BCUT2D eigenvalue weighted by atomic mass is 9.82. The van der Waals surface area contributed by atoms with Gasteiger partial charge >= 0.3 is 0 Å². The summed E-state index contributed by atoms with van der Waals surface area (Å²) in [4.78, 5) is 36.7. The van der Waals surface area contributed by atoms with E-state index in [-0.39, 0.29) is 35.0 Å². The fourth-order valence-corrected chi connectivity index (χ4v) is 4.75. The number of hydrogen-bond acceptors (Lipinski definition) is 6. The standard InChI is InChI=1S/C21H22N4O4/c26-13-21-11-24(10-19-22-5-6-23-19)8-14(21)9-25(12-21)20(28)18-7-16(27)15-3-1-2-4-17(15)29-18/h1-7,14,26H,8-13H2,(H,22,23). The summed E-state index contributed by atoms with van der Waals surface area (Å²) in [5.74, 6) is 0.810. The fourth-order valence-electron chi connectivity index (χ4n) is 4.75. The number of imidazole rings is 1. The van der Waals surface area contributed by atoms with Crippen LogP contribution in [0.15, 0.2) is 51.9 Å². The van der Waals surface area contributed by atoms with Crippen LogP contribution in [0.1, 0.15) is 16.4 Å². The molecule has 2 unspecified atom stereocenters. The van der Waals surface area contributed by atoms with Crippen molar-refractivity contribution in [2.24, 2.45) is 11.3 Å². The largest absolute Gasteiger partial charge is 0.451 e. The number of aliphatic hydroxyl groups is 1. The van der Waals surface area contributed by atoms with Gasteiger partial charge in [-0.25, -0.2) is 4.98 Å². The molecule has 5 rings (SSSR count). The average molecular weight is 394 g/mol. The van der Waals surface area contributed by atoms with Gasteiger partial charge in [0.15, 0.2) is 11.2 Å². The number of benzene rings is 1. The Kier molecular flexibility index (Phi) is 4.25. The Labute approximate surface area is 166 Å². The Balaban J connectivity index is 1.35. The molecule has 0 bridgehead atoms. The molecule has 3 aromatic rings. The molecule has 0 aliphatic carbocycles. The Bertz CT molecular complexity index is 1110. The van der Waals surface area contributed by atoms with Crippen LogP contribution in [0.3, 0.4) is 0 Å². The van der Waals surface area contributed by atoms with Crippen LogP contribution >= 0.6 is 0 Å². The van der Waals surface area contributed by atoms with Crippen LogP contribution in [0.5, 0.6) is 0 Å². The molecule has 2 aliphatic heterocycles. The van der Waals surface area contributed by atoms with Crippen molar-refractivity contribution in [1.29, 1.82) is 0 Å². The molecule has 1 aromatic carbocycles. The summed E-state index contributed by atoms with van der Waals surface area (Å²) in [5.41, 5.74) is -0.181. The predicted molar refractivity (Wildman–Crippen MR) is 105 cm³/mol. The van der Waals surface area contributed by atoms with E-state index in [0.717, 1.165) is 12.4 Å². The average Bonchev–Trinajstić information content (AvgIpc) is 3.42. The number of H-pyrrole nitrogens is 1. The number of nitrogens with zero attached hydrogens (tertiary/aromatic N) is 3. The van der Waals surface area contributed by atoms with Crippen molar-refractivity contribution in [2.45, 2.75) is 6.54 Å². The Morgan fingerprint density at radius 1 is 1.31 bits per heavy atom. The molecule has 0 saturated carbocycles. The van der Waals surface area contributed by atoms with Crippen LogP contribution in [0.4, 0.5) is 0 Å². The molecule has 2 N–H and O–H groups in total. The Hall–Kier alpha value is -2.97. The van der Waals surface area contributed by atoms with Crippen molar-refractivity contribution in [3.63, 3.8) is 0 Å². The Morgan fingerprint density at radius 2 is 2.17 bits per heavy atom. The normalized spacial score (nSPS) is 24.3. The van der Waals surface area contributed by atoms with Crippen LogP contribution < -0.4 is 5.43 Å². The number of fused-ring (bicyclic) bond motifs is 2. The van der Waals surface area contributed by atoms with Crippen molar-refractivity contribution >= 4 is 16.9 Å². The maximum atomic E-state index is 13.1. The lowest BCUT2D eigenvalue weighted by Gasteiger charge is -2.27. The van der Waals surface area contributed by atoms with E-state index in [1.165, 1.54) is 6.07 Å². The zero-order valence-corrected chi connectivity index (χ0v) is 15.9.